The van der Waals surface area contributed by atoms with Crippen molar-refractivity contribution in [3.05, 3.63) is 35.9 Å². The maximum Gasteiger partial charge on any atom is 0.230 e. The minimum absolute atomic E-state index is 0.0207. The Hall–Kier alpha value is -1.35. The van der Waals surface area contributed by atoms with Gasteiger partial charge in [-0.25, -0.2) is 0 Å². The second kappa shape index (κ2) is 5.11. The molecule has 0 aromatic heterocycles. The minimum atomic E-state index is -0.148. The molecular formula is C15H22N2O. The van der Waals surface area contributed by atoms with Gasteiger partial charge in [-0.2, -0.15) is 0 Å². The second-order valence-electron chi connectivity index (χ2n) is 5.28. The summed E-state index contributed by atoms with van der Waals surface area (Å²) in [5, 5.41) is 0. The monoisotopic (exact) mass is 246 g/mol. The van der Waals surface area contributed by atoms with E-state index in [1.807, 2.05) is 35.2 Å². The third-order valence-electron chi connectivity index (χ3n) is 3.94. The Morgan fingerprint density at radius 2 is 1.94 bits per heavy atom. The van der Waals surface area contributed by atoms with Crippen molar-refractivity contribution >= 4 is 5.91 Å². The summed E-state index contributed by atoms with van der Waals surface area (Å²) in [4.78, 5) is 14.3. The first-order chi connectivity index (χ1) is 8.59. The van der Waals surface area contributed by atoms with E-state index >= 15 is 0 Å². The van der Waals surface area contributed by atoms with Gasteiger partial charge >= 0.3 is 0 Å². The summed E-state index contributed by atoms with van der Waals surface area (Å²) in [6.07, 6.45) is 1.77. The summed E-state index contributed by atoms with van der Waals surface area (Å²) < 4.78 is 0. The van der Waals surface area contributed by atoms with Crippen molar-refractivity contribution in [1.29, 1.82) is 0 Å². The van der Waals surface area contributed by atoms with Gasteiger partial charge in [0.2, 0.25) is 5.91 Å². The van der Waals surface area contributed by atoms with Crippen molar-refractivity contribution in [2.24, 2.45) is 5.73 Å². The van der Waals surface area contributed by atoms with E-state index in [1.165, 1.54) is 0 Å². The first kappa shape index (κ1) is 13.1. The Kier molecular flexibility index (Phi) is 3.71. The summed E-state index contributed by atoms with van der Waals surface area (Å²) in [6.45, 7) is 5.54. The van der Waals surface area contributed by atoms with E-state index in [1.54, 1.807) is 0 Å². The summed E-state index contributed by atoms with van der Waals surface area (Å²) in [7, 11) is 0. The molecular weight excluding hydrogens is 224 g/mol. The van der Waals surface area contributed by atoms with Crippen LogP contribution in [0.25, 0.3) is 0 Å². The highest BCUT2D eigenvalue weighted by molar-refractivity contribution is 5.84. The van der Waals surface area contributed by atoms with Crippen LogP contribution in [0.2, 0.25) is 0 Å². The molecule has 1 aromatic carbocycles. The van der Waals surface area contributed by atoms with E-state index in [4.69, 9.17) is 5.73 Å². The van der Waals surface area contributed by atoms with Crippen LogP contribution in [0, 0.1) is 0 Å². The van der Waals surface area contributed by atoms with Crippen molar-refractivity contribution in [3.63, 3.8) is 0 Å². The third kappa shape index (κ3) is 2.41. The van der Waals surface area contributed by atoms with Gasteiger partial charge in [-0.05, 0) is 18.4 Å². The number of benzene rings is 1. The quantitative estimate of drug-likeness (QED) is 0.884. The Morgan fingerprint density at radius 3 is 2.44 bits per heavy atom. The average molecular weight is 246 g/mol. The number of carbonyl (C=O) groups is 1. The largest absolute Gasteiger partial charge is 0.338 e. The molecule has 1 fully saturated rings. The van der Waals surface area contributed by atoms with Crippen LogP contribution in [0.5, 0.6) is 0 Å². The van der Waals surface area contributed by atoms with Gasteiger partial charge in [0.05, 0.1) is 11.5 Å². The van der Waals surface area contributed by atoms with Crippen LogP contribution in [-0.2, 0) is 4.79 Å². The lowest BCUT2D eigenvalue weighted by Crippen LogP contribution is -2.68. The van der Waals surface area contributed by atoms with Gasteiger partial charge in [-0.1, -0.05) is 44.2 Å². The fourth-order valence-electron chi connectivity index (χ4n) is 2.55. The molecule has 0 bridgehead atoms. The topological polar surface area (TPSA) is 46.3 Å². The first-order valence-corrected chi connectivity index (χ1v) is 6.72. The highest BCUT2D eigenvalue weighted by Crippen LogP contribution is 2.28. The van der Waals surface area contributed by atoms with Crippen LogP contribution in [0.15, 0.2) is 30.3 Å². The Morgan fingerprint density at radius 1 is 1.33 bits per heavy atom. The van der Waals surface area contributed by atoms with Crippen molar-refractivity contribution in [1.82, 2.24) is 4.90 Å². The third-order valence-corrected chi connectivity index (χ3v) is 3.94. The molecule has 1 amide bonds. The standard InChI is InChI=1S/C15H22N2O/c1-3-13(12-8-6-5-7-9-12)14(18)17-10-15(16,4-2)11-17/h5-9,13H,3-4,10-11,16H2,1-2H3. The molecule has 18 heavy (non-hydrogen) atoms. The van der Waals surface area contributed by atoms with E-state index in [2.05, 4.69) is 13.8 Å². The molecule has 1 unspecified atom stereocenters. The molecule has 1 aliphatic heterocycles. The maximum absolute atomic E-state index is 12.4. The number of amides is 1. The van der Waals surface area contributed by atoms with E-state index in [9.17, 15) is 4.79 Å². The molecule has 1 atom stereocenters. The lowest BCUT2D eigenvalue weighted by molar-refractivity contribution is -0.140. The molecule has 2 N–H and O–H groups in total. The number of carbonyl (C=O) groups excluding carboxylic acids is 1. The van der Waals surface area contributed by atoms with Crippen LogP contribution in [0.1, 0.15) is 38.2 Å². The normalized spacial score (nSPS) is 19.2. The second-order valence-corrected chi connectivity index (χ2v) is 5.28. The zero-order valence-electron chi connectivity index (χ0n) is 11.2. The maximum atomic E-state index is 12.4. The molecule has 3 nitrogen and oxygen atoms in total. The van der Waals surface area contributed by atoms with Crippen molar-refractivity contribution in [3.8, 4) is 0 Å². The zero-order valence-corrected chi connectivity index (χ0v) is 11.2. The lowest BCUT2D eigenvalue weighted by atomic mass is 9.85. The molecule has 98 valence electrons. The average Bonchev–Trinajstić information content (AvgIpc) is 2.37. The lowest BCUT2D eigenvalue weighted by Gasteiger charge is -2.48. The van der Waals surface area contributed by atoms with Gasteiger partial charge in [-0.15, -0.1) is 0 Å². The van der Waals surface area contributed by atoms with Crippen LogP contribution in [0.3, 0.4) is 0 Å². The Balaban J connectivity index is 2.05. The van der Waals surface area contributed by atoms with E-state index in [0.29, 0.717) is 13.1 Å². The SMILES string of the molecule is CCC(C(=O)N1CC(N)(CC)C1)c1ccccc1. The van der Waals surface area contributed by atoms with Gasteiger partial charge in [0.1, 0.15) is 0 Å². The van der Waals surface area contributed by atoms with Crippen LogP contribution in [-0.4, -0.2) is 29.4 Å². The fourth-order valence-corrected chi connectivity index (χ4v) is 2.55. The molecule has 0 aliphatic carbocycles. The number of hydrogen-bond acceptors (Lipinski definition) is 2. The number of rotatable bonds is 4. The van der Waals surface area contributed by atoms with Crippen LogP contribution < -0.4 is 5.73 Å². The molecule has 0 radical (unpaired) electrons. The number of nitrogens with two attached hydrogens (primary N) is 1. The molecule has 3 heteroatoms. The molecule has 1 aromatic rings. The molecule has 1 saturated heterocycles. The minimum Gasteiger partial charge on any atom is -0.338 e. The Labute approximate surface area is 109 Å². The van der Waals surface area contributed by atoms with Crippen molar-refractivity contribution < 1.29 is 4.79 Å². The number of nitrogens with zero attached hydrogens (tertiary/aromatic N) is 1. The Bertz CT molecular complexity index is 410. The van der Waals surface area contributed by atoms with E-state index in [-0.39, 0.29) is 17.4 Å². The summed E-state index contributed by atoms with van der Waals surface area (Å²) in [6, 6.07) is 10.0. The molecule has 0 saturated carbocycles. The molecule has 0 spiro atoms. The first-order valence-electron chi connectivity index (χ1n) is 6.72. The smallest absolute Gasteiger partial charge is 0.230 e. The van der Waals surface area contributed by atoms with E-state index in [0.717, 1.165) is 18.4 Å². The fraction of sp³-hybridized carbons (Fsp3) is 0.533. The van der Waals surface area contributed by atoms with Gasteiger partial charge in [-0.3, -0.25) is 4.79 Å². The summed E-state index contributed by atoms with van der Waals surface area (Å²) >= 11 is 0. The van der Waals surface area contributed by atoms with Gasteiger partial charge in [0.15, 0.2) is 0 Å². The summed E-state index contributed by atoms with van der Waals surface area (Å²) in [5.74, 6) is 0.200. The van der Waals surface area contributed by atoms with Gasteiger partial charge in [0, 0.05) is 13.1 Å². The van der Waals surface area contributed by atoms with Crippen molar-refractivity contribution in [2.75, 3.05) is 13.1 Å². The highest BCUT2D eigenvalue weighted by Gasteiger charge is 2.42. The van der Waals surface area contributed by atoms with Crippen LogP contribution in [0.4, 0.5) is 0 Å². The van der Waals surface area contributed by atoms with Crippen LogP contribution >= 0.6 is 0 Å². The van der Waals surface area contributed by atoms with Gasteiger partial charge in [0.25, 0.3) is 0 Å². The number of likely N-dealkylation sites (tertiary alicyclic amines) is 1. The predicted octanol–water partition coefficient (Wildman–Crippen LogP) is 2.13. The molecule has 1 aliphatic rings. The zero-order chi connectivity index (χ0) is 13.2. The predicted molar refractivity (Wildman–Crippen MR) is 73.3 cm³/mol. The molecule has 2 rings (SSSR count). The molecule has 1 heterocycles. The number of hydrogen-bond donors (Lipinski definition) is 1. The van der Waals surface area contributed by atoms with Crippen molar-refractivity contribution in [2.45, 2.75) is 38.1 Å². The highest BCUT2D eigenvalue weighted by atomic mass is 16.2. The van der Waals surface area contributed by atoms with Gasteiger partial charge < -0.3 is 10.6 Å². The van der Waals surface area contributed by atoms with E-state index < -0.39 is 0 Å². The summed E-state index contributed by atoms with van der Waals surface area (Å²) in [5.41, 5.74) is 7.08.